The number of rotatable bonds is 2. The summed E-state index contributed by atoms with van der Waals surface area (Å²) in [4.78, 5) is 27.4. The maximum atomic E-state index is 12.9. The van der Waals surface area contributed by atoms with Crippen molar-refractivity contribution >= 4 is 43.4 Å². The van der Waals surface area contributed by atoms with Crippen LogP contribution in [0.25, 0.3) is 32.0 Å². The highest BCUT2D eigenvalue weighted by Gasteiger charge is 2.16. The number of aromatic amines is 1. The number of thiophene rings is 1. The number of aromatic nitrogens is 3. The van der Waals surface area contributed by atoms with Crippen LogP contribution in [0.5, 0.6) is 11.6 Å². The number of ether oxygens (including phenoxy) is 1. The first kappa shape index (κ1) is 16.9. The largest absolute Gasteiger partial charge is 0.438 e. The first-order chi connectivity index (χ1) is 13.5. The van der Waals surface area contributed by atoms with Crippen molar-refractivity contribution in [2.24, 2.45) is 0 Å². The number of H-pyrrole nitrogens is 1. The smallest absolute Gasteiger partial charge is 0.231 e. The van der Waals surface area contributed by atoms with Crippen LogP contribution in [-0.2, 0) is 0 Å². The Kier molecular flexibility index (Phi) is 3.70. The number of pyridine rings is 1. The Hall–Kier alpha value is -3.25. The molecule has 0 bridgehead atoms. The maximum Gasteiger partial charge on any atom is 0.231 e. The van der Waals surface area contributed by atoms with E-state index in [1.807, 2.05) is 43.3 Å². The molecule has 0 aliphatic heterocycles. The summed E-state index contributed by atoms with van der Waals surface area (Å²) in [7, 11) is 0. The fraction of sp³-hybridized carbons (Fsp3) is 0.136. The van der Waals surface area contributed by atoms with Crippen molar-refractivity contribution in [2.75, 3.05) is 0 Å². The molecule has 0 amide bonds. The molecule has 0 saturated carbocycles. The lowest BCUT2D eigenvalue weighted by Gasteiger charge is -2.09. The first-order valence-electron chi connectivity index (χ1n) is 8.98. The van der Waals surface area contributed by atoms with Crippen LogP contribution in [0, 0.1) is 20.8 Å². The van der Waals surface area contributed by atoms with Crippen molar-refractivity contribution in [1.29, 1.82) is 0 Å². The highest BCUT2D eigenvalue weighted by Crippen LogP contribution is 2.36. The molecule has 1 N–H and O–H groups in total. The Morgan fingerprint density at radius 1 is 0.964 bits per heavy atom. The van der Waals surface area contributed by atoms with E-state index in [9.17, 15) is 4.79 Å². The summed E-state index contributed by atoms with van der Waals surface area (Å²) in [6, 6.07) is 13.0. The highest BCUT2D eigenvalue weighted by atomic mass is 32.1. The minimum absolute atomic E-state index is 0.0126. The quantitative estimate of drug-likeness (QED) is 0.412. The third kappa shape index (κ3) is 2.57. The van der Waals surface area contributed by atoms with Gasteiger partial charge in [0.05, 0.1) is 10.9 Å². The minimum Gasteiger partial charge on any atom is -0.438 e. The van der Waals surface area contributed by atoms with Gasteiger partial charge in [0.1, 0.15) is 16.4 Å². The molecule has 0 saturated heterocycles. The minimum atomic E-state index is -0.0126. The zero-order valence-corrected chi connectivity index (χ0v) is 16.5. The summed E-state index contributed by atoms with van der Waals surface area (Å²) < 4.78 is 6.14. The lowest BCUT2D eigenvalue weighted by Crippen LogP contribution is -2.04. The molecule has 0 fully saturated rings. The Balaban J connectivity index is 1.69. The van der Waals surface area contributed by atoms with E-state index in [0.29, 0.717) is 28.2 Å². The van der Waals surface area contributed by atoms with Gasteiger partial charge >= 0.3 is 0 Å². The van der Waals surface area contributed by atoms with Crippen LogP contribution in [0.3, 0.4) is 0 Å². The number of benzene rings is 2. The van der Waals surface area contributed by atoms with Gasteiger partial charge in [-0.25, -0.2) is 4.98 Å². The van der Waals surface area contributed by atoms with Crippen molar-refractivity contribution in [1.82, 2.24) is 15.0 Å². The van der Waals surface area contributed by atoms with Crippen LogP contribution in [0.15, 0.2) is 47.3 Å². The maximum absolute atomic E-state index is 12.9. The van der Waals surface area contributed by atoms with E-state index in [2.05, 4.69) is 28.8 Å². The Labute approximate surface area is 164 Å². The van der Waals surface area contributed by atoms with Gasteiger partial charge in [-0.3, -0.25) is 4.79 Å². The molecule has 0 radical (unpaired) electrons. The van der Waals surface area contributed by atoms with E-state index in [0.717, 1.165) is 26.8 Å². The summed E-state index contributed by atoms with van der Waals surface area (Å²) in [6.07, 6.45) is 0. The van der Waals surface area contributed by atoms with E-state index in [4.69, 9.17) is 4.74 Å². The number of nitrogens with one attached hydrogen (secondary N) is 1. The van der Waals surface area contributed by atoms with Gasteiger partial charge in [0.2, 0.25) is 5.88 Å². The van der Waals surface area contributed by atoms with Crippen LogP contribution in [0.2, 0.25) is 0 Å². The Bertz CT molecular complexity index is 1450. The Morgan fingerprint density at radius 3 is 2.61 bits per heavy atom. The average Bonchev–Trinajstić information content (AvgIpc) is 2.96. The summed E-state index contributed by atoms with van der Waals surface area (Å²) in [5, 5.41) is 2.19. The van der Waals surface area contributed by atoms with E-state index >= 15 is 0 Å². The van der Waals surface area contributed by atoms with Gasteiger partial charge in [0.15, 0.2) is 5.43 Å². The van der Waals surface area contributed by atoms with Crippen LogP contribution in [0.1, 0.15) is 16.3 Å². The zero-order chi connectivity index (χ0) is 19.4. The van der Waals surface area contributed by atoms with Gasteiger partial charge in [-0.15, -0.1) is 11.3 Å². The summed E-state index contributed by atoms with van der Waals surface area (Å²) >= 11 is 1.64. The zero-order valence-electron chi connectivity index (χ0n) is 15.7. The van der Waals surface area contributed by atoms with Crippen LogP contribution in [0.4, 0.5) is 0 Å². The molecule has 6 heteroatoms. The molecule has 0 aliphatic rings. The number of para-hydroxylation sites is 1. The number of fused-ring (bicyclic) bond motifs is 3. The van der Waals surface area contributed by atoms with E-state index in [1.165, 1.54) is 4.88 Å². The number of hydrogen-bond acceptors (Lipinski definition) is 5. The second kappa shape index (κ2) is 6.14. The summed E-state index contributed by atoms with van der Waals surface area (Å²) in [6.45, 7) is 5.98. The van der Waals surface area contributed by atoms with Crippen molar-refractivity contribution in [3.05, 3.63) is 69.0 Å². The standard InChI is InChI=1S/C22H17N3O2S/c1-11-12(2)28-22-19(11)21(23-13(3)24-22)27-14-8-9-18-16(10-14)20(26)15-6-4-5-7-17(15)25-18/h4-10H,1-3H3,(H,25,26). The van der Waals surface area contributed by atoms with Crippen LogP contribution >= 0.6 is 11.3 Å². The molecule has 0 atom stereocenters. The average molecular weight is 387 g/mol. The SMILES string of the molecule is Cc1nc(Oc2ccc3[nH]c4ccccc4c(=O)c3c2)c2c(C)c(C)sc2n1. The third-order valence-electron chi connectivity index (χ3n) is 5.00. The second-order valence-corrected chi connectivity index (χ2v) is 8.05. The molecule has 5 nitrogen and oxygen atoms in total. The van der Waals surface area contributed by atoms with Crippen molar-refractivity contribution in [2.45, 2.75) is 20.8 Å². The van der Waals surface area contributed by atoms with Gasteiger partial charge in [-0.2, -0.15) is 4.98 Å². The Morgan fingerprint density at radius 2 is 1.75 bits per heavy atom. The van der Waals surface area contributed by atoms with Crippen molar-refractivity contribution in [3.8, 4) is 11.6 Å². The van der Waals surface area contributed by atoms with Crippen LogP contribution < -0.4 is 10.2 Å². The normalized spacial score (nSPS) is 11.5. The van der Waals surface area contributed by atoms with Gasteiger partial charge < -0.3 is 9.72 Å². The molecular weight excluding hydrogens is 370 g/mol. The topological polar surface area (TPSA) is 67.9 Å². The van der Waals surface area contributed by atoms with Crippen LogP contribution in [-0.4, -0.2) is 15.0 Å². The molecule has 3 aromatic heterocycles. The summed E-state index contributed by atoms with van der Waals surface area (Å²) in [5.41, 5.74) is 2.72. The number of hydrogen-bond donors (Lipinski definition) is 1. The second-order valence-electron chi connectivity index (χ2n) is 6.85. The molecule has 5 rings (SSSR count). The number of aryl methyl sites for hydroxylation is 3. The monoisotopic (exact) mass is 387 g/mol. The molecule has 0 aliphatic carbocycles. The van der Waals surface area contributed by atoms with Gasteiger partial charge in [0.25, 0.3) is 0 Å². The molecule has 5 aromatic rings. The molecule has 28 heavy (non-hydrogen) atoms. The van der Waals surface area contributed by atoms with Gasteiger partial charge in [-0.05, 0) is 56.7 Å². The lowest BCUT2D eigenvalue weighted by molar-refractivity contribution is 0.467. The molecule has 138 valence electrons. The summed E-state index contributed by atoms with van der Waals surface area (Å²) in [5.74, 6) is 1.77. The molecular formula is C22H17N3O2S. The highest BCUT2D eigenvalue weighted by molar-refractivity contribution is 7.18. The fourth-order valence-corrected chi connectivity index (χ4v) is 4.53. The lowest BCUT2D eigenvalue weighted by atomic mass is 10.1. The third-order valence-corrected chi connectivity index (χ3v) is 6.10. The van der Waals surface area contributed by atoms with Crippen molar-refractivity contribution in [3.63, 3.8) is 0 Å². The predicted molar refractivity (Wildman–Crippen MR) is 114 cm³/mol. The van der Waals surface area contributed by atoms with Crippen molar-refractivity contribution < 1.29 is 4.74 Å². The van der Waals surface area contributed by atoms with Gasteiger partial charge in [0, 0.05) is 21.2 Å². The molecule has 0 unspecified atom stereocenters. The first-order valence-corrected chi connectivity index (χ1v) is 9.80. The molecule has 2 aromatic carbocycles. The molecule has 0 spiro atoms. The van der Waals surface area contributed by atoms with E-state index in [-0.39, 0.29) is 5.43 Å². The predicted octanol–water partition coefficient (Wildman–Crippen LogP) is 5.40. The number of nitrogens with zero attached hydrogens (tertiary/aromatic N) is 2. The van der Waals surface area contributed by atoms with E-state index in [1.54, 1.807) is 17.4 Å². The fourth-order valence-electron chi connectivity index (χ4n) is 3.46. The molecule has 3 heterocycles. The van der Waals surface area contributed by atoms with Gasteiger partial charge in [-0.1, -0.05) is 12.1 Å². The van der Waals surface area contributed by atoms with E-state index < -0.39 is 0 Å².